The molecular formula is C17H24O3. The third kappa shape index (κ3) is 1.73. The number of aliphatic hydroxyl groups excluding tert-OH is 2. The van der Waals surface area contributed by atoms with E-state index in [2.05, 4.69) is 6.92 Å². The van der Waals surface area contributed by atoms with Crippen LogP contribution in [0.2, 0.25) is 0 Å². The van der Waals surface area contributed by atoms with Crippen LogP contribution < -0.4 is 0 Å². The molecule has 0 bridgehead atoms. The fourth-order valence-corrected chi connectivity index (χ4v) is 4.70. The van der Waals surface area contributed by atoms with Crippen LogP contribution in [0.5, 0.6) is 5.75 Å². The molecule has 20 heavy (non-hydrogen) atoms. The lowest BCUT2D eigenvalue weighted by Gasteiger charge is -2.56. The molecule has 2 aliphatic rings. The van der Waals surface area contributed by atoms with Crippen LogP contribution in [-0.4, -0.2) is 28.0 Å². The Hall–Kier alpha value is -1.06. The molecule has 3 N–H and O–H groups in total. The predicted molar refractivity (Wildman–Crippen MR) is 77.7 cm³/mol. The van der Waals surface area contributed by atoms with Crippen LogP contribution in [0, 0.1) is 11.3 Å². The van der Waals surface area contributed by atoms with Crippen molar-refractivity contribution in [2.45, 2.75) is 51.0 Å². The molecule has 0 aromatic heterocycles. The molecule has 0 amide bonds. The monoisotopic (exact) mass is 276 g/mol. The highest BCUT2D eigenvalue weighted by molar-refractivity contribution is 5.43. The van der Waals surface area contributed by atoms with E-state index in [1.807, 2.05) is 19.1 Å². The maximum absolute atomic E-state index is 10.4. The normalized spacial score (nSPS) is 40.0. The van der Waals surface area contributed by atoms with Crippen LogP contribution in [0.15, 0.2) is 18.2 Å². The Morgan fingerprint density at radius 1 is 1.25 bits per heavy atom. The topological polar surface area (TPSA) is 60.7 Å². The van der Waals surface area contributed by atoms with Gasteiger partial charge in [-0.1, -0.05) is 19.9 Å². The summed E-state index contributed by atoms with van der Waals surface area (Å²) in [7, 11) is 0. The van der Waals surface area contributed by atoms with Crippen LogP contribution in [0.25, 0.3) is 0 Å². The van der Waals surface area contributed by atoms with E-state index in [0.717, 1.165) is 19.3 Å². The average Bonchev–Trinajstić information content (AvgIpc) is 2.44. The van der Waals surface area contributed by atoms with Gasteiger partial charge in [-0.2, -0.15) is 0 Å². The van der Waals surface area contributed by atoms with Crippen molar-refractivity contribution in [1.29, 1.82) is 0 Å². The van der Waals surface area contributed by atoms with E-state index in [4.69, 9.17) is 0 Å². The van der Waals surface area contributed by atoms with Gasteiger partial charge in [-0.3, -0.25) is 0 Å². The third-order valence-electron chi connectivity index (χ3n) is 6.02. The van der Waals surface area contributed by atoms with Crippen LogP contribution in [-0.2, 0) is 11.8 Å². The summed E-state index contributed by atoms with van der Waals surface area (Å²) >= 11 is 0. The molecule has 0 saturated heterocycles. The summed E-state index contributed by atoms with van der Waals surface area (Å²) in [5.74, 6) is 0.556. The van der Waals surface area contributed by atoms with Gasteiger partial charge in [-0.15, -0.1) is 0 Å². The number of aromatic hydroxyl groups is 1. The zero-order valence-electron chi connectivity index (χ0n) is 12.3. The molecule has 0 spiro atoms. The van der Waals surface area contributed by atoms with Gasteiger partial charge in [0.25, 0.3) is 0 Å². The van der Waals surface area contributed by atoms with Crippen molar-refractivity contribution in [2.75, 3.05) is 6.61 Å². The van der Waals surface area contributed by atoms with Crippen molar-refractivity contribution >= 4 is 0 Å². The Labute approximate surface area is 120 Å². The standard InChI is InChI=1S/C17H24O3/c1-16-8-7-15(20)17(2,10-18)14(16)6-4-11-3-5-12(19)9-13(11)16/h3,5,9,14-15,18-20H,4,6-8,10H2,1-2H3/t14-,15+,16-,17+/m1/s1. The van der Waals surface area contributed by atoms with E-state index in [1.165, 1.54) is 11.1 Å². The van der Waals surface area contributed by atoms with Crippen molar-refractivity contribution in [3.8, 4) is 5.75 Å². The van der Waals surface area contributed by atoms with Crippen molar-refractivity contribution in [1.82, 2.24) is 0 Å². The highest BCUT2D eigenvalue weighted by Gasteiger charge is 2.55. The number of phenols is 1. The minimum atomic E-state index is -0.448. The molecular weight excluding hydrogens is 252 g/mol. The molecule has 0 unspecified atom stereocenters. The van der Waals surface area contributed by atoms with Gasteiger partial charge in [0.2, 0.25) is 0 Å². The van der Waals surface area contributed by atoms with E-state index in [0.29, 0.717) is 12.2 Å². The van der Waals surface area contributed by atoms with E-state index < -0.39 is 11.5 Å². The fraction of sp³-hybridized carbons (Fsp3) is 0.647. The maximum Gasteiger partial charge on any atom is 0.115 e. The number of rotatable bonds is 1. The summed E-state index contributed by atoms with van der Waals surface area (Å²) in [4.78, 5) is 0. The number of aryl methyl sites for hydroxylation is 1. The molecule has 1 aromatic carbocycles. The van der Waals surface area contributed by atoms with Crippen molar-refractivity contribution in [3.05, 3.63) is 29.3 Å². The van der Waals surface area contributed by atoms with Gasteiger partial charge in [0.1, 0.15) is 5.75 Å². The zero-order chi connectivity index (χ0) is 14.5. The van der Waals surface area contributed by atoms with E-state index in [-0.39, 0.29) is 17.9 Å². The van der Waals surface area contributed by atoms with Crippen molar-refractivity contribution in [2.24, 2.45) is 11.3 Å². The second kappa shape index (κ2) is 4.47. The first-order valence-electron chi connectivity index (χ1n) is 7.53. The first-order valence-corrected chi connectivity index (χ1v) is 7.53. The van der Waals surface area contributed by atoms with Crippen LogP contribution in [0.4, 0.5) is 0 Å². The number of aliphatic hydroxyl groups is 2. The minimum Gasteiger partial charge on any atom is -0.508 e. The Bertz CT molecular complexity index is 527. The maximum atomic E-state index is 10.4. The van der Waals surface area contributed by atoms with Gasteiger partial charge in [-0.05, 0) is 60.3 Å². The van der Waals surface area contributed by atoms with E-state index >= 15 is 0 Å². The number of hydrogen-bond donors (Lipinski definition) is 3. The Balaban J connectivity index is 2.12. The molecule has 0 heterocycles. The Morgan fingerprint density at radius 2 is 2.00 bits per heavy atom. The Kier molecular flexibility index (Phi) is 3.11. The van der Waals surface area contributed by atoms with Gasteiger partial charge in [0.15, 0.2) is 0 Å². The number of benzene rings is 1. The van der Waals surface area contributed by atoms with Crippen molar-refractivity contribution in [3.63, 3.8) is 0 Å². The molecule has 3 heteroatoms. The fourth-order valence-electron chi connectivity index (χ4n) is 4.70. The first kappa shape index (κ1) is 13.9. The summed E-state index contributed by atoms with van der Waals surface area (Å²) in [6, 6.07) is 5.66. The van der Waals surface area contributed by atoms with Gasteiger partial charge < -0.3 is 15.3 Å². The molecule has 3 nitrogen and oxygen atoms in total. The first-order chi connectivity index (χ1) is 9.41. The minimum absolute atomic E-state index is 0.0164. The molecule has 110 valence electrons. The molecule has 2 aliphatic carbocycles. The summed E-state index contributed by atoms with van der Waals surface area (Å²) < 4.78 is 0. The van der Waals surface area contributed by atoms with E-state index in [9.17, 15) is 15.3 Å². The summed E-state index contributed by atoms with van der Waals surface area (Å²) in [6.45, 7) is 4.25. The molecule has 0 aliphatic heterocycles. The predicted octanol–water partition coefficient (Wildman–Crippen LogP) is 2.37. The quantitative estimate of drug-likeness (QED) is 0.738. The molecule has 1 saturated carbocycles. The van der Waals surface area contributed by atoms with E-state index in [1.54, 1.807) is 6.07 Å². The smallest absolute Gasteiger partial charge is 0.115 e. The largest absolute Gasteiger partial charge is 0.508 e. The third-order valence-corrected chi connectivity index (χ3v) is 6.02. The lowest BCUT2D eigenvalue weighted by Crippen LogP contribution is -2.56. The molecule has 1 aromatic rings. The lowest BCUT2D eigenvalue weighted by molar-refractivity contribution is -0.110. The van der Waals surface area contributed by atoms with Crippen LogP contribution in [0.1, 0.15) is 44.2 Å². The van der Waals surface area contributed by atoms with Crippen molar-refractivity contribution < 1.29 is 15.3 Å². The summed E-state index contributed by atoms with van der Waals surface area (Å²) in [5, 5.41) is 30.1. The second-order valence-corrected chi connectivity index (χ2v) is 7.07. The number of hydrogen-bond acceptors (Lipinski definition) is 3. The average molecular weight is 276 g/mol. The van der Waals surface area contributed by atoms with Gasteiger partial charge in [-0.25, -0.2) is 0 Å². The molecule has 0 radical (unpaired) electrons. The lowest BCUT2D eigenvalue weighted by atomic mass is 9.49. The highest BCUT2D eigenvalue weighted by atomic mass is 16.3. The summed E-state index contributed by atoms with van der Waals surface area (Å²) in [6.07, 6.45) is 3.12. The van der Waals surface area contributed by atoms with Gasteiger partial charge >= 0.3 is 0 Å². The SMILES string of the molecule is C[C@@]1(CO)[C@@H](O)CC[C@]2(C)c3cc(O)ccc3CC[C@@H]12. The van der Waals surface area contributed by atoms with Crippen LogP contribution >= 0.6 is 0 Å². The van der Waals surface area contributed by atoms with Gasteiger partial charge in [0, 0.05) is 5.41 Å². The zero-order valence-corrected chi connectivity index (χ0v) is 12.3. The summed E-state index contributed by atoms with van der Waals surface area (Å²) in [5.41, 5.74) is 2.00. The second-order valence-electron chi connectivity index (χ2n) is 7.07. The molecule has 4 atom stereocenters. The Morgan fingerprint density at radius 3 is 2.70 bits per heavy atom. The van der Waals surface area contributed by atoms with Gasteiger partial charge in [0.05, 0.1) is 12.7 Å². The highest BCUT2D eigenvalue weighted by Crippen LogP contribution is 2.57. The number of phenolic OH excluding ortho intramolecular Hbond substituents is 1. The molecule has 3 rings (SSSR count). The van der Waals surface area contributed by atoms with Crippen LogP contribution in [0.3, 0.4) is 0 Å². The number of fused-ring (bicyclic) bond motifs is 3. The molecule has 1 fully saturated rings.